The molecule has 0 fully saturated rings. The molecule has 2 aromatic rings. The van der Waals surface area contributed by atoms with E-state index in [-0.39, 0.29) is 6.54 Å². The largest absolute Gasteiger partial charge is 0.266 e. The normalized spacial score (nSPS) is 11.0. The van der Waals surface area contributed by atoms with E-state index in [0.717, 1.165) is 6.26 Å². The molecule has 4 nitrogen and oxygen atoms in total. The molecule has 0 aliphatic rings. The van der Waals surface area contributed by atoms with Crippen molar-refractivity contribution in [3.05, 3.63) is 63.6 Å². The SMILES string of the molecule is CS(=O)(=O)N(Cc1cccc(Cl)c1Cl)c1ccc(C#N)cc1. The Labute approximate surface area is 139 Å². The van der Waals surface area contributed by atoms with Crippen molar-refractivity contribution in [3.8, 4) is 6.07 Å². The van der Waals surface area contributed by atoms with Gasteiger partial charge in [-0.25, -0.2) is 8.42 Å². The minimum atomic E-state index is -3.52. The summed E-state index contributed by atoms with van der Waals surface area (Å²) in [5.41, 5.74) is 1.51. The van der Waals surface area contributed by atoms with Crippen molar-refractivity contribution in [3.63, 3.8) is 0 Å². The molecular formula is C15H12Cl2N2O2S. The highest BCUT2D eigenvalue weighted by Gasteiger charge is 2.19. The van der Waals surface area contributed by atoms with Crippen LogP contribution < -0.4 is 4.31 Å². The van der Waals surface area contributed by atoms with Crippen molar-refractivity contribution in [1.29, 1.82) is 5.26 Å². The van der Waals surface area contributed by atoms with E-state index in [1.807, 2.05) is 6.07 Å². The monoisotopic (exact) mass is 354 g/mol. The van der Waals surface area contributed by atoms with Crippen molar-refractivity contribution in [2.75, 3.05) is 10.6 Å². The van der Waals surface area contributed by atoms with Gasteiger partial charge in [0.1, 0.15) is 0 Å². The van der Waals surface area contributed by atoms with Crippen LogP contribution in [0.15, 0.2) is 42.5 Å². The van der Waals surface area contributed by atoms with Crippen molar-refractivity contribution in [2.24, 2.45) is 0 Å². The molecule has 0 bridgehead atoms. The van der Waals surface area contributed by atoms with E-state index in [9.17, 15) is 8.42 Å². The lowest BCUT2D eigenvalue weighted by Crippen LogP contribution is -2.29. The number of hydrogen-bond donors (Lipinski definition) is 0. The summed E-state index contributed by atoms with van der Waals surface area (Å²) < 4.78 is 25.4. The molecule has 22 heavy (non-hydrogen) atoms. The summed E-state index contributed by atoms with van der Waals surface area (Å²) in [6.07, 6.45) is 1.11. The van der Waals surface area contributed by atoms with Gasteiger partial charge in [-0.15, -0.1) is 0 Å². The van der Waals surface area contributed by atoms with Crippen LogP contribution in [-0.4, -0.2) is 14.7 Å². The maximum absolute atomic E-state index is 12.1. The second-order valence-electron chi connectivity index (χ2n) is 4.64. The van der Waals surface area contributed by atoms with E-state index in [4.69, 9.17) is 28.5 Å². The maximum Gasteiger partial charge on any atom is 0.232 e. The highest BCUT2D eigenvalue weighted by atomic mass is 35.5. The van der Waals surface area contributed by atoms with E-state index in [0.29, 0.717) is 26.9 Å². The molecule has 0 N–H and O–H groups in total. The molecule has 7 heteroatoms. The quantitative estimate of drug-likeness (QED) is 0.837. The average Bonchev–Trinajstić information content (AvgIpc) is 2.48. The fourth-order valence-corrected chi connectivity index (χ4v) is 3.19. The molecule has 0 unspecified atom stereocenters. The summed E-state index contributed by atoms with van der Waals surface area (Å²) in [5, 5.41) is 9.51. The van der Waals surface area contributed by atoms with Gasteiger partial charge in [0, 0.05) is 0 Å². The molecule has 114 valence electrons. The number of anilines is 1. The molecular weight excluding hydrogens is 343 g/mol. The summed E-state index contributed by atoms with van der Waals surface area (Å²) in [6.45, 7) is 0.0596. The highest BCUT2D eigenvalue weighted by Crippen LogP contribution is 2.29. The second-order valence-corrected chi connectivity index (χ2v) is 7.33. The lowest BCUT2D eigenvalue weighted by atomic mass is 10.2. The van der Waals surface area contributed by atoms with Crippen molar-refractivity contribution >= 4 is 38.9 Å². The highest BCUT2D eigenvalue weighted by molar-refractivity contribution is 7.92. The van der Waals surface area contributed by atoms with E-state index in [2.05, 4.69) is 0 Å². The zero-order chi connectivity index (χ0) is 16.3. The zero-order valence-corrected chi connectivity index (χ0v) is 14.0. The Hall–Kier alpha value is -1.74. The van der Waals surface area contributed by atoms with Gasteiger partial charge in [-0.3, -0.25) is 4.31 Å². The Kier molecular flexibility index (Phi) is 4.97. The van der Waals surface area contributed by atoms with Crippen LogP contribution in [0.2, 0.25) is 10.0 Å². The second kappa shape index (κ2) is 6.57. The molecule has 0 aromatic heterocycles. The molecule has 0 amide bonds. The van der Waals surface area contributed by atoms with E-state index in [1.165, 1.54) is 4.31 Å². The maximum atomic E-state index is 12.1. The van der Waals surface area contributed by atoms with Crippen LogP contribution in [-0.2, 0) is 16.6 Å². The number of rotatable bonds is 4. The van der Waals surface area contributed by atoms with E-state index >= 15 is 0 Å². The number of nitriles is 1. The first-order chi connectivity index (χ1) is 10.3. The summed E-state index contributed by atoms with van der Waals surface area (Å²) in [7, 11) is -3.52. The van der Waals surface area contributed by atoms with Gasteiger partial charge in [0.25, 0.3) is 0 Å². The molecule has 0 radical (unpaired) electrons. The molecule has 0 aliphatic carbocycles. The topological polar surface area (TPSA) is 61.2 Å². The molecule has 2 aromatic carbocycles. The van der Waals surface area contributed by atoms with Crippen molar-refractivity contribution < 1.29 is 8.42 Å². The third-order valence-electron chi connectivity index (χ3n) is 3.03. The van der Waals surface area contributed by atoms with Gasteiger partial charge in [-0.05, 0) is 35.9 Å². The Morgan fingerprint density at radius 2 is 1.77 bits per heavy atom. The van der Waals surface area contributed by atoms with Gasteiger partial charge in [0.05, 0.1) is 40.2 Å². The molecule has 0 saturated heterocycles. The van der Waals surface area contributed by atoms with Crippen LogP contribution in [0.4, 0.5) is 5.69 Å². The predicted octanol–water partition coefficient (Wildman–Crippen LogP) is 3.83. The standard InChI is InChI=1S/C15H12Cl2N2O2S/c1-22(20,21)19(13-7-5-11(9-18)6-8-13)10-12-3-2-4-14(16)15(12)17/h2-8H,10H2,1H3. The van der Waals surface area contributed by atoms with Crippen LogP contribution in [0.25, 0.3) is 0 Å². The van der Waals surface area contributed by atoms with Crippen molar-refractivity contribution in [1.82, 2.24) is 0 Å². The number of halogens is 2. The number of hydrogen-bond acceptors (Lipinski definition) is 3. The first-order valence-corrected chi connectivity index (χ1v) is 8.84. The van der Waals surface area contributed by atoms with Crippen LogP contribution >= 0.6 is 23.2 Å². The molecule has 2 rings (SSSR count). The Balaban J connectivity index is 2.43. The van der Waals surface area contributed by atoms with Gasteiger partial charge in [0.15, 0.2) is 0 Å². The van der Waals surface area contributed by atoms with Gasteiger partial charge in [-0.1, -0.05) is 35.3 Å². The molecule has 0 saturated carbocycles. The Bertz CT molecular complexity index is 828. The lowest BCUT2D eigenvalue weighted by molar-refractivity contribution is 0.596. The smallest absolute Gasteiger partial charge is 0.232 e. The fraction of sp³-hybridized carbons (Fsp3) is 0.133. The van der Waals surface area contributed by atoms with Crippen LogP contribution in [0.1, 0.15) is 11.1 Å². The number of nitrogens with zero attached hydrogens (tertiary/aromatic N) is 2. The van der Waals surface area contributed by atoms with Crippen LogP contribution in [0.5, 0.6) is 0 Å². The predicted molar refractivity (Wildman–Crippen MR) is 88.6 cm³/mol. The molecule has 0 atom stereocenters. The minimum Gasteiger partial charge on any atom is -0.266 e. The third kappa shape index (κ3) is 3.72. The van der Waals surface area contributed by atoms with Crippen molar-refractivity contribution in [2.45, 2.75) is 6.54 Å². The number of sulfonamides is 1. The average molecular weight is 355 g/mol. The summed E-state index contributed by atoms with van der Waals surface area (Å²) in [6, 6.07) is 13.3. The first kappa shape index (κ1) is 16.6. The summed E-state index contributed by atoms with van der Waals surface area (Å²) in [5.74, 6) is 0. The van der Waals surface area contributed by atoms with Gasteiger partial charge in [-0.2, -0.15) is 5.26 Å². The molecule has 0 aliphatic heterocycles. The van der Waals surface area contributed by atoms with Crippen LogP contribution in [0.3, 0.4) is 0 Å². The first-order valence-electron chi connectivity index (χ1n) is 6.23. The minimum absolute atomic E-state index is 0.0596. The van der Waals surface area contributed by atoms with E-state index < -0.39 is 10.0 Å². The molecule has 0 heterocycles. The van der Waals surface area contributed by atoms with Gasteiger partial charge >= 0.3 is 0 Å². The van der Waals surface area contributed by atoms with Gasteiger partial charge in [0.2, 0.25) is 10.0 Å². The zero-order valence-electron chi connectivity index (χ0n) is 11.6. The molecule has 0 spiro atoms. The lowest BCUT2D eigenvalue weighted by Gasteiger charge is -2.23. The number of benzene rings is 2. The Morgan fingerprint density at radius 1 is 1.14 bits per heavy atom. The fourth-order valence-electron chi connectivity index (χ4n) is 1.93. The Morgan fingerprint density at radius 3 is 2.32 bits per heavy atom. The van der Waals surface area contributed by atoms with E-state index in [1.54, 1.807) is 42.5 Å². The summed E-state index contributed by atoms with van der Waals surface area (Å²) in [4.78, 5) is 0. The summed E-state index contributed by atoms with van der Waals surface area (Å²) >= 11 is 12.1. The van der Waals surface area contributed by atoms with Crippen LogP contribution in [0, 0.1) is 11.3 Å². The van der Waals surface area contributed by atoms with Gasteiger partial charge < -0.3 is 0 Å². The third-order valence-corrected chi connectivity index (χ3v) is 5.03.